The Balaban J connectivity index is 1.51. The number of alkyl carbamates (subject to hydrolysis) is 1. The van der Waals surface area contributed by atoms with Crippen LogP contribution in [0.5, 0.6) is 0 Å². The third-order valence-electron chi connectivity index (χ3n) is 7.53. The van der Waals surface area contributed by atoms with Gasteiger partial charge in [-0.15, -0.1) is 0 Å². The molecule has 0 radical (unpaired) electrons. The first-order valence-corrected chi connectivity index (χ1v) is 11.9. The van der Waals surface area contributed by atoms with E-state index in [9.17, 15) is 19.5 Å². The van der Waals surface area contributed by atoms with Gasteiger partial charge in [0, 0.05) is 24.4 Å². The second kappa shape index (κ2) is 9.34. The lowest BCUT2D eigenvalue weighted by molar-refractivity contribution is -0.178. The predicted octanol–water partition coefficient (Wildman–Crippen LogP) is 3.69. The number of rotatable bonds is 8. The summed E-state index contributed by atoms with van der Waals surface area (Å²) in [6.07, 6.45) is -0.781. The maximum absolute atomic E-state index is 13.3. The molecule has 35 heavy (non-hydrogen) atoms. The summed E-state index contributed by atoms with van der Waals surface area (Å²) in [5.41, 5.74) is 2.27. The molecule has 2 aliphatic rings. The Hall–Kier alpha value is -3.39. The molecule has 3 unspecified atom stereocenters. The van der Waals surface area contributed by atoms with E-state index in [1.54, 1.807) is 0 Å². The first-order chi connectivity index (χ1) is 16.6. The Kier molecular flexibility index (Phi) is 6.60. The molecule has 0 aliphatic heterocycles. The summed E-state index contributed by atoms with van der Waals surface area (Å²) in [4.78, 5) is 37.6. The van der Waals surface area contributed by atoms with Gasteiger partial charge in [-0.05, 0) is 36.1 Å². The summed E-state index contributed by atoms with van der Waals surface area (Å²) in [6, 6.07) is 15.0. The van der Waals surface area contributed by atoms with Gasteiger partial charge in [0.05, 0.1) is 6.10 Å². The molecule has 8 nitrogen and oxygen atoms in total. The number of hydrogen-bond donors (Lipinski definition) is 3. The maximum Gasteiger partial charge on any atom is 0.408 e. The number of carbonyl (C=O) groups is 3. The number of nitrogens with one attached hydrogen (secondary N) is 2. The highest BCUT2D eigenvalue weighted by molar-refractivity contribution is 5.95. The SMILES string of the molecule is CCOC1CC(NC(=O)OCC2c3ccccc3-c3ccccc32)(C(=O)NC(C)C(=O)O)C1(C)C. The summed E-state index contributed by atoms with van der Waals surface area (Å²) in [7, 11) is 0. The summed E-state index contributed by atoms with van der Waals surface area (Å²) in [5.74, 6) is -1.84. The number of hydrogen-bond acceptors (Lipinski definition) is 5. The Morgan fingerprint density at radius 1 is 1.06 bits per heavy atom. The van der Waals surface area contributed by atoms with E-state index in [4.69, 9.17) is 9.47 Å². The zero-order chi connectivity index (χ0) is 25.4. The minimum absolute atomic E-state index is 0.110. The van der Waals surface area contributed by atoms with Crippen LogP contribution in [0.4, 0.5) is 4.79 Å². The third kappa shape index (κ3) is 4.16. The predicted molar refractivity (Wildman–Crippen MR) is 130 cm³/mol. The highest BCUT2D eigenvalue weighted by Gasteiger charge is 2.66. The van der Waals surface area contributed by atoms with Gasteiger partial charge in [0.2, 0.25) is 5.91 Å². The highest BCUT2D eigenvalue weighted by atomic mass is 16.5. The van der Waals surface area contributed by atoms with Crippen molar-refractivity contribution >= 4 is 18.0 Å². The quantitative estimate of drug-likeness (QED) is 0.531. The van der Waals surface area contributed by atoms with Crippen LogP contribution in [0.15, 0.2) is 48.5 Å². The zero-order valence-corrected chi connectivity index (χ0v) is 20.5. The molecular weight excluding hydrogens is 448 g/mol. The van der Waals surface area contributed by atoms with Gasteiger partial charge in [-0.2, -0.15) is 0 Å². The Labute approximate surface area is 205 Å². The van der Waals surface area contributed by atoms with Gasteiger partial charge in [-0.25, -0.2) is 4.79 Å². The van der Waals surface area contributed by atoms with E-state index in [2.05, 4.69) is 22.8 Å². The summed E-state index contributed by atoms with van der Waals surface area (Å²) in [6.45, 7) is 7.46. The van der Waals surface area contributed by atoms with Crippen molar-refractivity contribution in [3.05, 3.63) is 59.7 Å². The smallest absolute Gasteiger partial charge is 0.408 e. The molecule has 0 aromatic heterocycles. The zero-order valence-electron chi connectivity index (χ0n) is 20.5. The van der Waals surface area contributed by atoms with Crippen molar-refractivity contribution in [1.82, 2.24) is 10.6 Å². The van der Waals surface area contributed by atoms with Crippen LogP contribution in [0.25, 0.3) is 11.1 Å². The number of ether oxygens (including phenoxy) is 2. The molecule has 2 aromatic rings. The van der Waals surface area contributed by atoms with E-state index < -0.39 is 35.0 Å². The molecule has 2 aromatic carbocycles. The van der Waals surface area contributed by atoms with Crippen LogP contribution in [-0.2, 0) is 19.1 Å². The fraction of sp³-hybridized carbons (Fsp3) is 0.444. The molecule has 8 heteroatoms. The first-order valence-electron chi connectivity index (χ1n) is 11.9. The van der Waals surface area contributed by atoms with Crippen molar-refractivity contribution in [3.63, 3.8) is 0 Å². The van der Waals surface area contributed by atoms with Crippen LogP contribution < -0.4 is 10.6 Å². The molecule has 2 aliphatic carbocycles. The number of benzene rings is 2. The molecule has 1 fully saturated rings. The van der Waals surface area contributed by atoms with Crippen LogP contribution in [0.3, 0.4) is 0 Å². The van der Waals surface area contributed by atoms with E-state index in [1.807, 2.05) is 57.2 Å². The van der Waals surface area contributed by atoms with Crippen molar-refractivity contribution in [2.45, 2.75) is 57.7 Å². The minimum Gasteiger partial charge on any atom is -0.480 e. The maximum atomic E-state index is 13.3. The fourth-order valence-electron chi connectivity index (χ4n) is 5.25. The van der Waals surface area contributed by atoms with E-state index in [1.165, 1.54) is 6.92 Å². The Morgan fingerprint density at radius 3 is 2.14 bits per heavy atom. The molecule has 0 bridgehead atoms. The molecular formula is C27H32N2O6. The molecule has 3 N–H and O–H groups in total. The number of carbonyl (C=O) groups excluding carboxylic acids is 2. The van der Waals surface area contributed by atoms with Crippen molar-refractivity contribution < 1.29 is 29.0 Å². The Morgan fingerprint density at radius 2 is 1.63 bits per heavy atom. The first kappa shape index (κ1) is 24.7. The average molecular weight is 481 g/mol. The highest BCUT2D eigenvalue weighted by Crippen LogP contribution is 2.52. The third-order valence-corrected chi connectivity index (χ3v) is 7.53. The number of carboxylic acid groups (broad SMARTS) is 1. The minimum atomic E-state index is -1.36. The van der Waals surface area contributed by atoms with Crippen LogP contribution >= 0.6 is 0 Å². The van der Waals surface area contributed by atoms with Crippen LogP contribution in [0, 0.1) is 5.41 Å². The summed E-state index contributed by atoms with van der Waals surface area (Å²) >= 11 is 0. The normalized spacial score (nSPS) is 22.8. The van der Waals surface area contributed by atoms with E-state index in [0.717, 1.165) is 22.3 Å². The van der Waals surface area contributed by atoms with Gasteiger partial charge in [0.25, 0.3) is 0 Å². The van der Waals surface area contributed by atoms with Gasteiger partial charge in [-0.1, -0.05) is 62.4 Å². The average Bonchev–Trinajstić information content (AvgIpc) is 3.15. The van der Waals surface area contributed by atoms with Crippen molar-refractivity contribution in [2.24, 2.45) is 5.41 Å². The molecule has 2 amide bonds. The monoisotopic (exact) mass is 480 g/mol. The van der Waals surface area contributed by atoms with E-state index >= 15 is 0 Å². The number of amides is 2. The van der Waals surface area contributed by atoms with E-state index in [0.29, 0.717) is 6.61 Å². The fourth-order valence-corrected chi connectivity index (χ4v) is 5.25. The van der Waals surface area contributed by atoms with Gasteiger partial charge in [0.15, 0.2) is 0 Å². The van der Waals surface area contributed by atoms with Gasteiger partial charge < -0.3 is 25.2 Å². The van der Waals surface area contributed by atoms with Crippen LogP contribution in [0.1, 0.15) is 51.2 Å². The number of aliphatic carboxylic acids is 1. The van der Waals surface area contributed by atoms with Crippen LogP contribution in [-0.4, -0.2) is 54.0 Å². The lowest BCUT2D eigenvalue weighted by Gasteiger charge is -2.59. The van der Waals surface area contributed by atoms with Gasteiger partial charge in [0.1, 0.15) is 18.2 Å². The standard InChI is InChI=1S/C27H32N2O6/c1-5-34-22-14-27(26(22,3)4,24(32)28-16(2)23(30)31)29-25(33)35-15-21-19-12-8-6-10-17(19)18-11-7-9-13-20(18)21/h6-13,16,21-22H,5,14-15H2,1-4H3,(H,28,32)(H,29,33)(H,30,31). The van der Waals surface area contributed by atoms with Crippen molar-refractivity contribution in [1.29, 1.82) is 0 Å². The van der Waals surface area contributed by atoms with E-state index in [-0.39, 0.29) is 25.0 Å². The molecule has 186 valence electrons. The molecule has 0 spiro atoms. The number of fused-ring (bicyclic) bond motifs is 3. The Bertz CT molecular complexity index is 1100. The topological polar surface area (TPSA) is 114 Å². The molecule has 3 atom stereocenters. The molecule has 0 heterocycles. The van der Waals surface area contributed by atoms with Crippen LogP contribution in [0.2, 0.25) is 0 Å². The number of carboxylic acids is 1. The lowest BCUT2D eigenvalue weighted by Crippen LogP contribution is -2.78. The second-order valence-electron chi connectivity index (χ2n) is 9.76. The molecule has 1 saturated carbocycles. The largest absolute Gasteiger partial charge is 0.480 e. The van der Waals surface area contributed by atoms with Crippen molar-refractivity contribution in [3.8, 4) is 11.1 Å². The second-order valence-corrected chi connectivity index (χ2v) is 9.76. The van der Waals surface area contributed by atoms with Gasteiger partial charge in [-0.3, -0.25) is 9.59 Å². The molecule has 4 rings (SSSR count). The molecule has 0 saturated heterocycles. The lowest BCUT2D eigenvalue weighted by atomic mass is 9.53. The summed E-state index contributed by atoms with van der Waals surface area (Å²) < 4.78 is 11.4. The summed E-state index contributed by atoms with van der Waals surface area (Å²) in [5, 5.41) is 14.5. The van der Waals surface area contributed by atoms with Gasteiger partial charge >= 0.3 is 12.1 Å². The van der Waals surface area contributed by atoms with Crippen molar-refractivity contribution in [2.75, 3.05) is 13.2 Å².